The second-order valence-corrected chi connectivity index (χ2v) is 10.1. The van der Waals surface area contributed by atoms with Gasteiger partial charge in [0.1, 0.15) is 6.54 Å². The SMILES string of the molecule is O=C(Cn1c(-c2cnn(C3CN(C(=O)O)C3)c2)cnc(NCCc2ccccc2)c1=O)NCc1cc2ncccc2[nH]1. The van der Waals surface area contributed by atoms with Gasteiger partial charge in [-0.25, -0.2) is 9.78 Å². The molecule has 5 heterocycles. The number of benzene rings is 1. The van der Waals surface area contributed by atoms with Crippen molar-refractivity contribution in [2.45, 2.75) is 25.6 Å². The van der Waals surface area contributed by atoms with E-state index in [2.05, 4.69) is 30.7 Å². The summed E-state index contributed by atoms with van der Waals surface area (Å²) < 4.78 is 3.06. The standard InChI is InChI=1S/C29H29N9O4/c39-26(32-13-21-11-24-23(35-21)7-4-9-30-24)18-37-25(20-12-34-38(15-20)22-16-36(17-22)29(41)42)14-33-27(28(37)40)31-10-8-19-5-2-1-3-6-19/h1-7,9,11-12,14-15,22,35H,8,10,13,16-18H2,(H,31,33)(H,32,39)(H,41,42). The first kappa shape index (κ1) is 26.7. The molecular formula is C29H29N9O4. The molecule has 0 saturated carbocycles. The number of nitrogens with one attached hydrogen (secondary N) is 3. The summed E-state index contributed by atoms with van der Waals surface area (Å²) in [6, 6.07) is 15.4. The van der Waals surface area contributed by atoms with E-state index in [1.807, 2.05) is 48.5 Å². The van der Waals surface area contributed by atoms with Crippen LogP contribution in [0.5, 0.6) is 0 Å². The molecule has 4 N–H and O–H groups in total. The van der Waals surface area contributed by atoms with Gasteiger partial charge in [0.2, 0.25) is 5.91 Å². The Bertz CT molecular complexity index is 1750. The molecule has 5 aromatic rings. The topological polar surface area (TPSA) is 163 Å². The molecule has 1 fully saturated rings. The maximum absolute atomic E-state index is 13.6. The van der Waals surface area contributed by atoms with Crippen LogP contribution >= 0.6 is 0 Å². The van der Waals surface area contributed by atoms with Gasteiger partial charge in [-0.05, 0) is 30.2 Å². The number of pyridine rings is 1. The van der Waals surface area contributed by atoms with Gasteiger partial charge in [-0.1, -0.05) is 30.3 Å². The van der Waals surface area contributed by atoms with Crippen LogP contribution < -0.4 is 16.2 Å². The van der Waals surface area contributed by atoms with Crippen LogP contribution in [0.2, 0.25) is 0 Å². The predicted octanol–water partition coefficient (Wildman–Crippen LogP) is 2.49. The minimum atomic E-state index is -0.971. The second kappa shape index (κ2) is 11.6. The van der Waals surface area contributed by atoms with Crippen LogP contribution in [0.1, 0.15) is 17.3 Å². The molecule has 0 bridgehead atoms. The first-order chi connectivity index (χ1) is 20.4. The van der Waals surface area contributed by atoms with Crippen molar-refractivity contribution in [3.63, 3.8) is 0 Å². The number of fused-ring (bicyclic) bond motifs is 1. The summed E-state index contributed by atoms with van der Waals surface area (Å²) in [7, 11) is 0. The summed E-state index contributed by atoms with van der Waals surface area (Å²) in [5, 5.41) is 19.5. The largest absolute Gasteiger partial charge is 0.465 e. The van der Waals surface area contributed by atoms with Crippen LogP contribution in [0.3, 0.4) is 0 Å². The van der Waals surface area contributed by atoms with E-state index in [4.69, 9.17) is 5.11 Å². The number of hydrogen-bond acceptors (Lipinski definition) is 7. The smallest absolute Gasteiger partial charge is 0.407 e. The zero-order chi connectivity index (χ0) is 29.1. The van der Waals surface area contributed by atoms with Crippen LogP contribution in [0.25, 0.3) is 22.3 Å². The first-order valence-corrected chi connectivity index (χ1v) is 13.5. The number of likely N-dealkylation sites (tertiary alicyclic amines) is 1. The average molecular weight is 568 g/mol. The number of aromatic nitrogens is 6. The van der Waals surface area contributed by atoms with Crippen molar-refractivity contribution in [2.24, 2.45) is 0 Å². The number of anilines is 1. The fraction of sp³-hybridized carbons (Fsp3) is 0.241. The van der Waals surface area contributed by atoms with Gasteiger partial charge in [0.15, 0.2) is 5.82 Å². The lowest BCUT2D eigenvalue weighted by molar-refractivity contribution is -0.121. The van der Waals surface area contributed by atoms with Crippen LogP contribution in [-0.4, -0.2) is 70.9 Å². The fourth-order valence-electron chi connectivity index (χ4n) is 4.92. The van der Waals surface area contributed by atoms with E-state index in [1.165, 1.54) is 9.47 Å². The molecule has 1 aliphatic heterocycles. The number of aromatic amines is 1. The number of carbonyl (C=O) groups is 2. The first-order valence-electron chi connectivity index (χ1n) is 13.5. The molecule has 214 valence electrons. The highest BCUT2D eigenvalue weighted by molar-refractivity contribution is 5.78. The molecule has 0 radical (unpaired) electrons. The molecule has 1 aromatic carbocycles. The lowest BCUT2D eigenvalue weighted by Gasteiger charge is -2.36. The highest BCUT2D eigenvalue weighted by Crippen LogP contribution is 2.24. The number of nitrogens with zero attached hydrogens (tertiary/aromatic N) is 6. The van der Waals surface area contributed by atoms with Gasteiger partial charge < -0.3 is 25.6 Å². The second-order valence-electron chi connectivity index (χ2n) is 10.1. The monoisotopic (exact) mass is 567 g/mol. The van der Waals surface area contributed by atoms with Crippen molar-refractivity contribution >= 4 is 28.9 Å². The predicted molar refractivity (Wildman–Crippen MR) is 155 cm³/mol. The molecule has 0 atom stereocenters. The molecule has 6 rings (SSSR count). The summed E-state index contributed by atoms with van der Waals surface area (Å²) in [6.45, 7) is 1.16. The normalized spacial score (nSPS) is 13.2. The quantitative estimate of drug-likeness (QED) is 0.200. The van der Waals surface area contributed by atoms with Crippen molar-refractivity contribution in [2.75, 3.05) is 25.0 Å². The van der Waals surface area contributed by atoms with Gasteiger partial charge >= 0.3 is 6.09 Å². The Balaban J connectivity index is 1.21. The maximum Gasteiger partial charge on any atom is 0.407 e. The Labute approximate surface area is 239 Å². The van der Waals surface area contributed by atoms with E-state index in [-0.39, 0.29) is 30.9 Å². The average Bonchev–Trinajstić information content (AvgIpc) is 3.61. The third-order valence-electron chi connectivity index (χ3n) is 7.23. The molecule has 1 aliphatic rings. The van der Waals surface area contributed by atoms with E-state index in [0.717, 1.165) is 22.3 Å². The maximum atomic E-state index is 13.6. The summed E-state index contributed by atoms with van der Waals surface area (Å²) in [5.74, 6) is -0.206. The third-order valence-corrected chi connectivity index (χ3v) is 7.23. The number of amides is 2. The number of hydrogen-bond donors (Lipinski definition) is 4. The van der Waals surface area contributed by atoms with Gasteiger partial charge in [0.25, 0.3) is 5.56 Å². The fourth-order valence-corrected chi connectivity index (χ4v) is 4.92. The van der Waals surface area contributed by atoms with Crippen LogP contribution in [0.15, 0.2) is 78.1 Å². The summed E-state index contributed by atoms with van der Waals surface area (Å²) >= 11 is 0. The molecular weight excluding hydrogens is 538 g/mol. The lowest BCUT2D eigenvalue weighted by Crippen LogP contribution is -2.50. The number of H-pyrrole nitrogens is 1. The molecule has 0 spiro atoms. The van der Waals surface area contributed by atoms with Gasteiger partial charge in [0, 0.05) is 43.3 Å². The van der Waals surface area contributed by atoms with Gasteiger partial charge in [-0.3, -0.25) is 23.8 Å². The van der Waals surface area contributed by atoms with Gasteiger partial charge in [-0.2, -0.15) is 5.10 Å². The number of carboxylic acid groups (broad SMARTS) is 1. The minimum absolute atomic E-state index is 0.101. The molecule has 42 heavy (non-hydrogen) atoms. The third kappa shape index (κ3) is 5.70. The highest BCUT2D eigenvalue weighted by atomic mass is 16.4. The van der Waals surface area contributed by atoms with E-state index in [0.29, 0.717) is 37.3 Å². The molecule has 13 nitrogen and oxygen atoms in total. The molecule has 13 heteroatoms. The highest BCUT2D eigenvalue weighted by Gasteiger charge is 2.32. The summed E-state index contributed by atoms with van der Waals surface area (Å²) in [4.78, 5) is 51.1. The van der Waals surface area contributed by atoms with Crippen molar-refractivity contribution in [3.8, 4) is 11.3 Å². The number of rotatable bonds is 10. The van der Waals surface area contributed by atoms with Crippen molar-refractivity contribution < 1.29 is 14.7 Å². The van der Waals surface area contributed by atoms with Crippen molar-refractivity contribution in [1.29, 1.82) is 0 Å². The van der Waals surface area contributed by atoms with Gasteiger partial charge in [-0.15, -0.1) is 0 Å². The van der Waals surface area contributed by atoms with Crippen LogP contribution in [-0.2, 0) is 24.3 Å². The molecule has 2 amide bonds. The molecule has 1 saturated heterocycles. The molecule has 0 aliphatic carbocycles. The van der Waals surface area contributed by atoms with E-state index in [1.54, 1.807) is 29.5 Å². The van der Waals surface area contributed by atoms with E-state index in [9.17, 15) is 14.4 Å². The Hall–Kier alpha value is -5.46. The Morgan fingerprint density at radius 3 is 2.69 bits per heavy atom. The van der Waals surface area contributed by atoms with Crippen LogP contribution in [0, 0.1) is 0 Å². The van der Waals surface area contributed by atoms with Crippen LogP contribution in [0.4, 0.5) is 10.6 Å². The molecule has 0 unspecified atom stereocenters. The summed E-state index contributed by atoms with van der Waals surface area (Å²) in [5.41, 5.74) is 4.18. The van der Waals surface area contributed by atoms with E-state index >= 15 is 0 Å². The number of carbonyl (C=O) groups excluding carboxylic acids is 1. The van der Waals surface area contributed by atoms with Crippen molar-refractivity contribution in [1.82, 2.24) is 39.5 Å². The zero-order valence-corrected chi connectivity index (χ0v) is 22.6. The Morgan fingerprint density at radius 1 is 1.07 bits per heavy atom. The summed E-state index contributed by atoms with van der Waals surface area (Å²) in [6.07, 6.45) is 6.32. The molecule has 4 aromatic heterocycles. The Morgan fingerprint density at radius 2 is 1.90 bits per heavy atom. The van der Waals surface area contributed by atoms with E-state index < -0.39 is 11.7 Å². The minimum Gasteiger partial charge on any atom is -0.465 e. The Kier molecular flexibility index (Phi) is 7.37. The lowest BCUT2D eigenvalue weighted by atomic mass is 10.1. The zero-order valence-electron chi connectivity index (χ0n) is 22.6. The van der Waals surface area contributed by atoms with Gasteiger partial charge in [0.05, 0.1) is 41.7 Å². The van der Waals surface area contributed by atoms with Crippen molar-refractivity contribution in [3.05, 3.63) is 94.9 Å².